The first-order valence-electron chi connectivity index (χ1n) is 22.8. The normalized spacial score (nSPS) is 20.5. The molecular formula is C49H56N10O7S. The number of likely N-dealkylation sites (tertiary alicyclic amines) is 1. The highest BCUT2D eigenvalue weighted by molar-refractivity contribution is 7.13. The Morgan fingerprint density at radius 2 is 1.75 bits per heavy atom. The minimum absolute atomic E-state index is 0.0149. The van der Waals surface area contributed by atoms with Crippen LogP contribution < -0.4 is 25.6 Å². The van der Waals surface area contributed by atoms with Gasteiger partial charge in [0.1, 0.15) is 30.1 Å². The van der Waals surface area contributed by atoms with Crippen LogP contribution in [0.15, 0.2) is 89.0 Å². The second kappa shape index (κ2) is 19.7. The van der Waals surface area contributed by atoms with Gasteiger partial charge in [-0.05, 0) is 74.9 Å². The van der Waals surface area contributed by atoms with E-state index in [1.54, 1.807) is 42.7 Å². The van der Waals surface area contributed by atoms with E-state index in [4.69, 9.17) is 19.7 Å². The molecule has 17 nitrogen and oxygen atoms in total. The van der Waals surface area contributed by atoms with Crippen molar-refractivity contribution in [3.63, 3.8) is 0 Å². The van der Waals surface area contributed by atoms with Crippen LogP contribution in [0, 0.1) is 19.8 Å². The van der Waals surface area contributed by atoms with E-state index in [9.17, 15) is 19.8 Å². The molecule has 0 radical (unpaired) electrons. The number of rotatable bonds is 16. The fraction of sp³-hybridized carbons (Fsp3) is 0.408. The van der Waals surface area contributed by atoms with Gasteiger partial charge < -0.3 is 50.0 Å². The number of hydrogen-bond acceptors (Lipinski definition) is 16. The number of piperazine rings is 1. The summed E-state index contributed by atoms with van der Waals surface area (Å²) in [5, 5.41) is 36.9. The lowest BCUT2D eigenvalue weighted by Crippen LogP contribution is -2.54. The number of aliphatic hydroxyl groups is 1. The Bertz CT molecular complexity index is 2680. The molecule has 9 rings (SSSR count). The van der Waals surface area contributed by atoms with Crippen molar-refractivity contribution >= 4 is 40.3 Å². The number of aliphatic hydroxyl groups excluding tert-OH is 1. The van der Waals surface area contributed by atoms with E-state index in [0.717, 1.165) is 59.0 Å². The average molecular weight is 929 g/mol. The molecule has 2 unspecified atom stereocenters. The number of carbonyl (C=O) groups is 2. The number of thiazole rings is 1. The monoisotopic (exact) mass is 928 g/mol. The lowest BCUT2D eigenvalue weighted by Gasteiger charge is -2.43. The third kappa shape index (κ3) is 9.78. The molecule has 3 aliphatic rings. The van der Waals surface area contributed by atoms with E-state index in [0.29, 0.717) is 34.4 Å². The van der Waals surface area contributed by atoms with Gasteiger partial charge in [-0.1, -0.05) is 48.5 Å². The minimum Gasteiger partial charge on any atom is -0.507 e. The molecule has 2 bridgehead atoms. The largest absolute Gasteiger partial charge is 0.507 e. The van der Waals surface area contributed by atoms with Crippen LogP contribution >= 0.6 is 11.3 Å². The number of nitrogen functional groups attached to an aromatic ring is 1. The fourth-order valence-electron chi connectivity index (χ4n) is 9.75. The zero-order valence-corrected chi connectivity index (χ0v) is 38.8. The number of ether oxygens (including phenoxy) is 2. The van der Waals surface area contributed by atoms with Gasteiger partial charge >= 0.3 is 0 Å². The smallest absolute Gasteiger partial charge is 0.243 e. The number of pyridine rings is 1. The number of β-amino-alcohol motifs (C(OH)–C–C–N with tert-alkyl or cyclic N) is 1. The highest BCUT2D eigenvalue weighted by Gasteiger charge is 2.45. The SMILES string of the molecule is Cc1cc([C@@H](C(=O)N2C[C@H](O)C[C@H]2C(=O)N[C@@H](C)c2ccc(-c3scnc3C)cc2)[C@H](C)COCCOc2cc(N3C4CCC3CN(c3cc(-c5ccccc5O)nnc3N)C4)ccn2)on1. The average Bonchev–Trinajstić information content (AvgIpc) is 4.12. The summed E-state index contributed by atoms with van der Waals surface area (Å²) < 4.78 is 17.9. The Labute approximate surface area is 392 Å². The van der Waals surface area contributed by atoms with Crippen LogP contribution in [0.1, 0.15) is 67.8 Å². The standard InChI is InChI=1S/C49H56N10O7S/c1-28(45(43-19-29(2)56-66-43)49(63)58-25-37(60)21-41(58)48(62)53-30(3)32-9-11-33(12-10-32)46-31(4)52-27-67-46)26-64-17-18-65-44-20-34(15-16-51-44)59-35-13-14-36(59)24-57(23-35)40-22-39(54-55-47(40)50)38-7-5-6-8-42(38)61/h5-12,15-16,19-20,22,27-28,30,35-37,41,45,60-61H,13-14,17-18,21,23-26H2,1-4H3,(H2,50,55)(H,53,62)/t28-,30+,35?,36?,37-,41+,45+/m1/s1. The van der Waals surface area contributed by atoms with Gasteiger partial charge in [0, 0.05) is 67.7 Å². The lowest BCUT2D eigenvalue weighted by atomic mass is 9.90. The second-order valence-corrected chi connectivity index (χ2v) is 18.7. The zero-order valence-electron chi connectivity index (χ0n) is 38.0. The van der Waals surface area contributed by atoms with E-state index in [1.165, 1.54) is 4.90 Å². The number of fused-ring (bicyclic) bond motifs is 2. The van der Waals surface area contributed by atoms with Crippen LogP contribution in [0.2, 0.25) is 0 Å². The van der Waals surface area contributed by atoms with Crippen molar-refractivity contribution in [1.82, 2.24) is 35.5 Å². The molecule has 67 heavy (non-hydrogen) atoms. The molecule has 6 aromatic rings. The quantitative estimate of drug-likeness (QED) is 0.0811. The summed E-state index contributed by atoms with van der Waals surface area (Å²) in [6.45, 7) is 9.71. The molecule has 3 aliphatic heterocycles. The number of anilines is 3. The molecule has 18 heteroatoms. The second-order valence-electron chi connectivity index (χ2n) is 17.8. The Morgan fingerprint density at radius 3 is 2.46 bits per heavy atom. The zero-order chi connectivity index (χ0) is 46.8. The molecule has 350 valence electrons. The highest BCUT2D eigenvalue weighted by Crippen LogP contribution is 2.40. The predicted octanol–water partition coefficient (Wildman–Crippen LogP) is 6.07. The molecule has 7 atom stereocenters. The van der Waals surface area contributed by atoms with Crippen molar-refractivity contribution in [2.45, 2.75) is 83.1 Å². The van der Waals surface area contributed by atoms with Crippen molar-refractivity contribution in [3.8, 4) is 33.3 Å². The summed E-state index contributed by atoms with van der Waals surface area (Å²) in [7, 11) is 0. The number of amides is 2. The number of phenols is 1. The molecular weight excluding hydrogens is 873 g/mol. The van der Waals surface area contributed by atoms with Gasteiger partial charge in [-0.3, -0.25) is 9.59 Å². The van der Waals surface area contributed by atoms with Crippen LogP contribution in [-0.2, 0) is 14.3 Å². The number of aryl methyl sites for hydroxylation is 2. The first kappa shape index (κ1) is 45.5. The van der Waals surface area contributed by atoms with Crippen molar-refractivity contribution < 1.29 is 33.8 Å². The molecule has 3 saturated heterocycles. The van der Waals surface area contributed by atoms with Crippen LogP contribution in [0.3, 0.4) is 0 Å². The van der Waals surface area contributed by atoms with Gasteiger partial charge in [-0.25, -0.2) is 9.97 Å². The van der Waals surface area contributed by atoms with Crippen LogP contribution in [0.4, 0.5) is 17.2 Å². The molecule has 2 aromatic carbocycles. The number of aromatic nitrogens is 5. The summed E-state index contributed by atoms with van der Waals surface area (Å²) in [5.41, 5.74) is 14.8. The summed E-state index contributed by atoms with van der Waals surface area (Å²) in [6.07, 6.45) is 3.04. The predicted molar refractivity (Wildman–Crippen MR) is 254 cm³/mol. The number of nitrogens with two attached hydrogens (primary N) is 1. The number of carbonyl (C=O) groups excluding carboxylic acids is 2. The van der Waals surface area contributed by atoms with E-state index < -0.39 is 18.1 Å². The third-order valence-electron chi connectivity index (χ3n) is 13.1. The summed E-state index contributed by atoms with van der Waals surface area (Å²) >= 11 is 1.58. The minimum atomic E-state index is -0.874. The number of hydrogen-bond donors (Lipinski definition) is 4. The number of para-hydroxylation sites is 1. The molecule has 3 fully saturated rings. The summed E-state index contributed by atoms with van der Waals surface area (Å²) in [6, 6.07) is 21.9. The first-order chi connectivity index (χ1) is 32.4. The Balaban J connectivity index is 0.791. The number of nitrogens with one attached hydrogen (secondary N) is 1. The van der Waals surface area contributed by atoms with Gasteiger partial charge in [-0.2, -0.15) is 0 Å². The third-order valence-corrected chi connectivity index (χ3v) is 14.1. The van der Waals surface area contributed by atoms with Crippen molar-refractivity contribution in [1.29, 1.82) is 0 Å². The Kier molecular flexibility index (Phi) is 13.4. The molecule has 0 spiro atoms. The maximum atomic E-state index is 14.5. The molecule has 2 amide bonds. The maximum absolute atomic E-state index is 14.5. The maximum Gasteiger partial charge on any atom is 0.243 e. The van der Waals surface area contributed by atoms with Gasteiger partial charge in [0.2, 0.25) is 17.7 Å². The summed E-state index contributed by atoms with van der Waals surface area (Å²) in [4.78, 5) is 44.4. The molecule has 5 N–H and O–H groups in total. The van der Waals surface area contributed by atoms with E-state index in [2.05, 4.69) is 40.4 Å². The van der Waals surface area contributed by atoms with Crippen LogP contribution in [0.25, 0.3) is 21.7 Å². The van der Waals surface area contributed by atoms with Crippen LogP contribution in [0.5, 0.6) is 11.6 Å². The van der Waals surface area contributed by atoms with Gasteiger partial charge in [0.25, 0.3) is 0 Å². The summed E-state index contributed by atoms with van der Waals surface area (Å²) in [5.74, 6) is -0.546. The Hall–Kier alpha value is -6.63. The van der Waals surface area contributed by atoms with Gasteiger partial charge in [0.15, 0.2) is 5.82 Å². The van der Waals surface area contributed by atoms with Crippen molar-refractivity contribution in [2.24, 2.45) is 5.92 Å². The Morgan fingerprint density at radius 1 is 0.970 bits per heavy atom. The van der Waals surface area contributed by atoms with Crippen LogP contribution in [-0.4, -0.2) is 116 Å². The molecule has 4 aromatic heterocycles. The number of phenolic OH excluding ortho intramolecular Hbond substituents is 1. The van der Waals surface area contributed by atoms with E-state index >= 15 is 0 Å². The fourth-order valence-corrected chi connectivity index (χ4v) is 10.6. The number of nitrogens with zero attached hydrogens (tertiary/aromatic N) is 8. The topological polar surface area (TPSA) is 218 Å². The van der Waals surface area contributed by atoms with Gasteiger partial charge in [-0.15, -0.1) is 21.5 Å². The van der Waals surface area contributed by atoms with Gasteiger partial charge in [0.05, 0.1) is 58.5 Å². The number of aromatic hydroxyl groups is 1. The first-order valence-corrected chi connectivity index (χ1v) is 23.6. The number of benzene rings is 2. The lowest BCUT2D eigenvalue weighted by molar-refractivity contribution is -0.141. The van der Waals surface area contributed by atoms with Crippen molar-refractivity contribution in [2.75, 3.05) is 55.0 Å². The van der Waals surface area contributed by atoms with E-state index in [-0.39, 0.29) is 74.4 Å². The molecule has 7 heterocycles. The van der Waals surface area contributed by atoms with E-state index in [1.807, 2.05) is 80.9 Å². The molecule has 0 saturated carbocycles. The molecule has 0 aliphatic carbocycles. The highest BCUT2D eigenvalue weighted by atomic mass is 32.1. The van der Waals surface area contributed by atoms with Crippen molar-refractivity contribution in [3.05, 3.63) is 107 Å².